The lowest BCUT2D eigenvalue weighted by Crippen LogP contribution is -2.42. The summed E-state index contributed by atoms with van der Waals surface area (Å²) in [4.78, 5) is 50.0. The van der Waals surface area contributed by atoms with E-state index in [9.17, 15) is 14.4 Å². The van der Waals surface area contributed by atoms with Gasteiger partial charge in [0.25, 0.3) is 5.91 Å². The number of rotatable bonds is 10. The molecule has 0 aliphatic heterocycles. The zero-order chi connectivity index (χ0) is 28.6. The van der Waals surface area contributed by atoms with Gasteiger partial charge in [-0.15, -0.1) is 0 Å². The molecule has 2 N–H and O–H groups in total. The van der Waals surface area contributed by atoms with Crippen LogP contribution in [0.25, 0.3) is 11.2 Å². The second-order valence-electron chi connectivity index (χ2n) is 10.9. The highest BCUT2D eigenvalue weighted by molar-refractivity contribution is 6.06. The summed E-state index contributed by atoms with van der Waals surface area (Å²) in [5.41, 5.74) is 0.132. The highest BCUT2D eigenvalue weighted by Crippen LogP contribution is 2.19. The van der Waals surface area contributed by atoms with Crippen molar-refractivity contribution in [3.05, 3.63) is 48.5 Å². The number of nitrogens with zero attached hydrogens (tertiary/aromatic N) is 4. The minimum atomic E-state index is -0.677. The number of hydrogen-bond acceptors (Lipinski definition) is 9. The summed E-state index contributed by atoms with van der Waals surface area (Å²) >= 11 is 0. The topological polar surface area (TPSA) is 147 Å². The van der Waals surface area contributed by atoms with Crippen LogP contribution < -0.4 is 10.6 Å². The first-order valence-corrected chi connectivity index (χ1v) is 12.6. The number of fused-ring (bicyclic) bond motifs is 1. The van der Waals surface area contributed by atoms with Crippen molar-refractivity contribution in [2.45, 2.75) is 71.8 Å². The van der Waals surface area contributed by atoms with E-state index in [1.807, 2.05) is 6.07 Å². The fourth-order valence-electron chi connectivity index (χ4n) is 3.53. The molecule has 3 aromatic rings. The number of amides is 2. The summed E-state index contributed by atoms with van der Waals surface area (Å²) in [5, 5.41) is 5.58. The van der Waals surface area contributed by atoms with Crippen LogP contribution in [0.2, 0.25) is 0 Å². The van der Waals surface area contributed by atoms with E-state index in [1.54, 1.807) is 76.7 Å². The highest BCUT2D eigenvalue weighted by atomic mass is 16.6. The van der Waals surface area contributed by atoms with E-state index >= 15 is 0 Å². The monoisotopic (exact) mass is 540 g/mol. The number of alkyl carbamates (subject to hydrolysis) is 1. The van der Waals surface area contributed by atoms with Crippen molar-refractivity contribution in [1.29, 1.82) is 0 Å². The molecule has 2 heterocycles. The van der Waals surface area contributed by atoms with E-state index in [2.05, 4.69) is 25.6 Å². The van der Waals surface area contributed by atoms with Gasteiger partial charge in [-0.3, -0.25) is 4.79 Å². The number of carbonyl (C=O) groups is 3. The van der Waals surface area contributed by atoms with Crippen LogP contribution in [-0.4, -0.2) is 67.9 Å². The van der Waals surface area contributed by atoms with Crippen molar-refractivity contribution < 1.29 is 28.6 Å². The van der Waals surface area contributed by atoms with Gasteiger partial charge in [0.05, 0.1) is 19.0 Å². The maximum atomic E-state index is 12.6. The largest absolute Gasteiger partial charge is 0.458 e. The lowest BCUT2D eigenvalue weighted by atomic mass is 10.2. The number of hydrogen-bond donors (Lipinski definition) is 2. The highest BCUT2D eigenvalue weighted by Gasteiger charge is 2.22. The molecule has 3 rings (SSSR count). The number of benzene rings is 1. The van der Waals surface area contributed by atoms with Gasteiger partial charge in [-0.1, -0.05) is 18.2 Å². The normalized spacial score (nSPS) is 12.6. The number of aromatic nitrogens is 4. The molecule has 0 bridgehead atoms. The van der Waals surface area contributed by atoms with Crippen LogP contribution in [0.15, 0.2) is 43.0 Å². The second kappa shape index (κ2) is 12.7. The van der Waals surface area contributed by atoms with Crippen LogP contribution >= 0.6 is 0 Å². The zero-order valence-corrected chi connectivity index (χ0v) is 23.2. The summed E-state index contributed by atoms with van der Waals surface area (Å²) < 4.78 is 18.0. The van der Waals surface area contributed by atoms with Gasteiger partial charge < -0.3 is 29.4 Å². The van der Waals surface area contributed by atoms with Crippen LogP contribution in [0.1, 0.15) is 58.3 Å². The van der Waals surface area contributed by atoms with Gasteiger partial charge in [0.2, 0.25) is 0 Å². The first-order valence-electron chi connectivity index (χ1n) is 12.6. The lowest BCUT2D eigenvalue weighted by Gasteiger charge is -2.24. The van der Waals surface area contributed by atoms with Crippen molar-refractivity contribution in [2.75, 3.05) is 18.5 Å². The third-order valence-electron chi connectivity index (χ3n) is 5.07. The van der Waals surface area contributed by atoms with Crippen molar-refractivity contribution in [1.82, 2.24) is 24.8 Å². The Bertz CT molecular complexity index is 1280. The van der Waals surface area contributed by atoms with Gasteiger partial charge >= 0.3 is 12.1 Å². The number of carbonyl (C=O) groups excluding carboxylic acids is 3. The molecule has 12 heteroatoms. The quantitative estimate of drug-likeness (QED) is 0.367. The third kappa shape index (κ3) is 9.64. The number of aryl methyl sites for hydroxylation is 1. The molecular formula is C27H36N6O6. The summed E-state index contributed by atoms with van der Waals surface area (Å²) in [6.07, 6.45) is 2.75. The van der Waals surface area contributed by atoms with E-state index in [4.69, 9.17) is 14.2 Å². The molecule has 0 radical (unpaired) electrons. The van der Waals surface area contributed by atoms with Crippen LogP contribution in [0.5, 0.6) is 0 Å². The Morgan fingerprint density at radius 3 is 2.31 bits per heavy atom. The van der Waals surface area contributed by atoms with Crippen molar-refractivity contribution >= 4 is 35.0 Å². The Morgan fingerprint density at radius 2 is 1.64 bits per heavy atom. The van der Waals surface area contributed by atoms with Crippen LogP contribution in [-0.2, 0) is 25.5 Å². The predicted octanol–water partition coefficient (Wildman–Crippen LogP) is 3.72. The maximum absolute atomic E-state index is 12.6. The Morgan fingerprint density at radius 1 is 0.949 bits per heavy atom. The van der Waals surface area contributed by atoms with Crippen molar-refractivity contribution in [2.24, 2.45) is 0 Å². The van der Waals surface area contributed by atoms with Gasteiger partial charge in [-0.25, -0.2) is 24.5 Å². The first-order chi connectivity index (χ1) is 18.3. The van der Waals surface area contributed by atoms with E-state index in [0.29, 0.717) is 29.7 Å². The Hall–Kier alpha value is -4.06. The fourth-order valence-corrected chi connectivity index (χ4v) is 3.53. The van der Waals surface area contributed by atoms with Crippen LogP contribution in [0.4, 0.5) is 10.6 Å². The molecule has 0 unspecified atom stereocenters. The smallest absolute Gasteiger partial charge is 0.407 e. The average Bonchev–Trinajstić information content (AvgIpc) is 3.24. The van der Waals surface area contributed by atoms with Gasteiger partial charge in [-0.2, -0.15) is 0 Å². The van der Waals surface area contributed by atoms with E-state index < -0.39 is 29.3 Å². The molecule has 0 aliphatic rings. The molecule has 0 saturated heterocycles. The molecule has 210 valence electrons. The SMILES string of the molecule is CC(C)(C)OC(=O)COC[C@H](CCn1cnc2c(NC(=O)c3ccccc3)ncnc21)NC(=O)OC(C)(C)C. The molecule has 1 atom stereocenters. The Balaban J connectivity index is 1.68. The maximum Gasteiger partial charge on any atom is 0.407 e. The van der Waals surface area contributed by atoms with Crippen molar-refractivity contribution in [3.8, 4) is 0 Å². The second-order valence-corrected chi connectivity index (χ2v) is 10.9. The molecule has 0 spiro atoms. The molecule has 0 aliphatic carbocycles. The third-order valence-corrected chi connectivity index (χ3v) is 5.07. The molecule has 2 amide bonds. The summed E-state index contributed by atoms with van der Waals surface area (Å²) in [6, 6.07) is 8.30. The number of esters is 1. The summed E-state index contributed by atoms with van der Waals surface area (Å²) in [5.74, 6) is -0.522. The molecular weight excluding hydrogens is 504 g/mol. The first kappa shape index (κ1) is 29.5. The van der Waals surface area contributed by atoms with E-state index in [1.165, 1.54) is 6.33 Å². The molecule has 39 heavy (non-hydrogen) atoms. The van der Waals surface area contributed by atoms with Crippen molar-refractivity contribution in [3.63, 3.8) is 0 Å². The van der Waals surface area contributed by atoms with Gasteiger partial charge in [0.15, 0.2) is 17.0 Å². The molecule has 0 saturated carbocycles. The summed E-state index contributed by atoms with van der Waals surface area (Å²) in [7, 11) is 0. The van der Waals surface area contributed by atoms with Gasteiger partial charge in [0, 0.05) is 12.1 Å². The standard InChI is InChI=1S/C27H36N6O6/c1-26(2,3)38-20(34)15-37-14-19(31-25(36)39-27(4,5)6)12-13-33-17-30-21-22(28-16-29-23(21)33)32-24(35)18-10-8-7-9-11-18/h7-11,16-17,19H,12-15H2,1-6H3,(H,31,36)(H,28,29,32,35)/t19-/m0/s1. The van der Waals surface area contributed by atoms with E-state index in [0.717, 1.165) is 0 Å². The number of nitrogens with one attached hydrogen (secondary N) is 2. The number of imidazole rings is 1. The minimum absolute atomic E-state index is 0.0541. The van der Waals surface area contributed by atoms with Crippen LogP contribution in [0, 0.1) is 0 Å². The number of ether oxygens (including phenoxy) is 3. The molecule has 2 aromatic heterocycles. The molecule has 0 fully saturated rings. The minimum Gasteiger partial charge on any atom is -0.458 e. The van der Waals surface area contributed by atoms with Gasteiger partial charge in [0.1, 0.15) is 24.1 Å². The molecule has 1 aromatic carbocycles. The Labute approximate surface area is 227 Å². The lowest BCUT2D eigenvalue weighted by molar-refractivity contribution is -0.160. The van der Waals surface area contributed by atoms with Crippen LogP contribution in [0.3, 0.4) is 0 Å². The average molecular weight is 541 g/mol. The predicted molar refractivity (Wildman–Crippen MR) is 144 cm³/mol. The fraction of sp³-hybridized carbons (Fsp3) is 0.481. The number of anilines is 1. The summed E-state index contributed by atoms with van der Waals surface area (Å²) in [6.45, 7) is 10.8. The Kier molecular flexibility index (Phi) is 9.57. The zero-order valence-electron chi connectivity index (χ0n) is 23.2. The van der Waals surface area contributed by atoms with E-state index in [-0.39, 0.29) is 24.9 Å². The van der Waals surface area contributed by atoms with Gasteiger partial charge in [-0.05, 0) is 60.1 Å². The molecule has 12 nitrogen and oxygen atoms in total.